The molecule has 0 aliphatic rings. The number of fused-ring (bicyclic) bond motifs is 1. The lowest BCUT2D eigenvalue weighted by Gasteiger charge is -2.03. The summed E-state index contributed by atoms with van der Waals surface area (Å²) in [5, 5.41) is 12.4. The third-order valence-electron chi connectivity index (χ3n) is 2.69. The smallest absolute Gasteiger partial charge is 0.204 e. The van der Waals surface area contributed by atoms with E-state index >= 15 is 0 Å². The second kappa shape index (κ2) is 7.09. The zero-order chi connectivity index (χ0) is 15.2. The highest BCUT2D eigenvalue weighted by molar-refractivity contribution is 7.80. The normalized spacial score (nSPS) is 12.3. The molecule has 0 saturated heterocycles. The van der Waals surface area contributed by atoms with Gasteiger partial charge in [-0.15, -0.1) is 0 Å². The number of para-hydroxylation sites is 1. The molecule has 0 spiro atoms. The third-order valence-corrected chi connectivity index (χ3v) is 3.93. The maximum atomic E-state index is 4.95. The van der Waals surface area contributed by atoms with Crippen LogP contribution in [0.15, 0.2) is 34.5 Å². The lowest BCUT2D eigenvalue weighted by molar-refractivity contribution is 0.976. The van der Waals surface area contributed by atoms with E-state index in [2.05, 4.69) is 31.4 Å². The molecule has 0 bridgehead atoms. The van der Waals surface area contributed by atoms with E-state index in [-0.39, 0.29) is 0 Å². The van der Waals surface area contributed by atoms with Gasteiger partial charge >= 0.3 is 0 Å². The molecule has 1 heterocycles. The van der Waals surface area contributed by atoms with Crippen molar-refractivity contribution in [2.24, 2.45) is 10.2 Å². The number of thiazole rings is 1. The highest BCUT2D eigenvalue weighted by Crippen LogP contribution is 2.25. The van der Waals surface area contributed by atoms with Gasteiger partial charge in [0, 0.05) is 7.05 Å². The molecular weight excluding hydrogens is 304 g/mol. The van der Waals surface area contributed by atoms with Crippen molar-refractivity contribution in [3.8, 4) is 0 Å². The van der Waals surface area contributed by atoms with E-state index in [0.717, 1.165) is 26.8 Å². The topological polar surface area (TPSA) is 73.7 Å². The van der Waals surface area contributed by atoms with Gasteiger partial charge in [0.2, 0.25) is 5.13 Å². The molecule has 110 valence electrons. The molecule has 0 radical (unpaired) electrons. The van der Waals surface area contributed by atoms with Crippen molar-refractivity contribution in [2.45, 2.75) is 13.8 Å². The number of nitrogens with one attached hydrogen (secondary N) is 3. The van der Waals surface area contributed by atoms with Crippen LogP contribution in [-0.2, 0) is 0 Å². The summed E-state index contributed by atoms with van der Waals surface area (Å²) in [5.74, 6) is 0. The van der Waals surface area contributed by atoms with Crippen LogP contribution in [0.25, 0.3) is 10.2 Å². The van der Waals surface area contributed by atoms with Crippen LogP contribution in [0, 0.1) is 0 Å². The highest BCUT2D eigenvalue weighted by atomic mass is 32.1. The summed E-state index contributed by atoms with van der Waals surface area (Å²) in [6.07, 6.45) is 0. The summed E-state index contributed by atoms with van der Waals surface area (Å²) in [4.78, 5) is 4.45. The number of aromatic nitrogens is 1. The molecule has 8 heteroatoms. The van der Waals surface area contributed by atoms with Gasteiger partial charge in [0.05, 0.1) is 21.6 Å². The maximum Gasteiger partial charge on any atom is 0.204 e. The number of hydrazone groups is 2. The first-order valence-electron chi connectivity index (χ1n) is 6.28. The Hall–Kier alpha value is -2.06. The number of hydrogen-bond donors (Lipinski definition) is 3. The van der Waals surface area contributed by atoms with E-state index in [4.69, 9.17) is 12.2 Å². The molecule has 0 atom stereocenters. The molecular formula is C13H16N6S2. The molecule has 0 unspecified atom stereocenters. The minimum Gasteiger partial charge on any atom is -0.364 e. The van der Waals surface area contributed by atoms with Crippen molar-refractivity contribution in [3.63, 3.8) is 0 Å². The third kappa shape index (κ3) is 4.20. The Bertz CT molecular complexity index is 671. The zero-order valence-corrected chi connectivity index (χ0v) is 13.6. The first kappa shape index (κ1) is 15.3. The molecule has 0 amide bonds. The minimum atomic E-state index is 0.460. The van der Waals surface area contributed by atoms with Gasteiger partial charge in [-0.1, -0.05) is 23.5 Å². The van der Waals surface area contributed by atoms with Crippen molar-refractivity contribution in [3.05, 3.63) is 24.3 Å². The molecule has 2 aromatic rings. The maximum absolute atomic E-state index is 4.95. The van der Waals surface area contributed by atoms with Crippen LogP contribution >= 0.6 is 23.6 Å². The van der Waals surface area contributed by atoms with E-state index in [9.17, 15) is 0 Å². The molecule has 0 saturated carbocycles. The average molecular weight is 320 g/mol. The van der Waals surface area contributed by atoms with Crippen LogP contribution in [0.5, 0.6) is 0 Å². The van der Waals surface area contributed by atoms with E-state index < -0.39 is 0 Å². The Balaban J connectivity index is 2.03. The largest absolute Gasteiger partial charge is 0.364 e. The summed E-state index contributed by atoms with van der Waals surface area (Å²) in [6.45, 7) is 3.72. The van der Waals surface area contributed by atoms with E-state index in [1.807, 2.05) is 38.1 Å². The lowest BCUT2D eigenvalue weighted by Crippen LogP contribution is -2.30. The summed E-state index contributed by atoms with van der Waals surface area (Å²) in [6, 6.07) is 7.96. The van der Waals surface area contributed by atoms with Gasteiger partial charge in [0.15, 0.2) is 5.11 Å². The predicted octanol–water partition coefficient (Wildman–Crippen LogP) is 2.55. The molecule has 3 N–H and O–H groups in total. The Morgan fingerprint density at radius 2 is 1.90 bits per heavy atom. The van der Waals surface area contributed by atoms with Gasteiger partial charge in [-0.05, 0) is 38.2 Å². The Morgan fingerprint density at radius 3 is 2.62 bits per heavy atom. The minimum absolute atomic E-state index is 0.460. The molecule has 1 aromatic carbocycles. The molecule has 0 fully saturated rings. The predicted molar refractivity (Wildman–Crippen MR) is 94.3 cm³/mol. The van der Waals surface area contributed by atoms with E-state index in [1.54, 1.807) is 18.4 Å². The zero-order valence-electron chi connectivity index (χ0n) is 12.0. The molecule has 0 aliphatic carbocycles. The molecule has 6 nitrogen and oxygen atoms in total. The van der Waals surface area contributed by atoms with E-state index in [1.165, 1.54) is 0 Å². The monoisotopic (exact) mass is 320 g/mol. The summed E-state index contributed by atoms with van der Waals surface area (Å²) < 4.78 is 1.12. The van der Waals surface area contributed by atoms with Gasteiger partial charge in [-0.2, -0.15) is 10.2 Å². The summed E-state index contributed by atoms with van der Waals surface area (Å²) in [7, 11) is 1.73. The fourth-order valence-electron chi connectivity index (χ4n) is 1.40. The number of rotatable bonds is 4. The van der Waals surface area contributed by atoms with Crippen LogP contribution in [0.3, 0.4) is 0 Å². The van der Waals surface area contributed by atoms with Crippen molar-refractivity contribution in [1.29, 1.82) is 0 Å². The first-order valence-corrected chi connectivity index (χ1v) is 7.51. The first-order chi connectivity index (χ1) is 10.1. The molecule has 21 heavy (non-hydrogen) atoms. The number of nitrogens with zero attached hydrogens (tertiary/aromatic N) is 3. The SMILES string of the molecule is CNC(=S)N/N=C(C)/C(C)=N/Nc1nc2ccccc2s1. The van der Waals surface area contributed by atoms with Crippen molar-refractivity contribution >= 4 is 55.4 Å². The van der Waals surface area contributed by atoms with Crippen LogP contribution in [0.1, 0.15) is 13.8 Å². The van der Waals surface area contributed by atoms with Crippen LogP contribution in [0.2, 0.25) is 0 Å². The van der Waals surface area contributed by atoms with Crippen molar-refractivity contribution in [2.75, 3.05) is 12.5 Å². The number of anilines is 1. The number of hydrogen-bond acceptors (Lipinski definition) is 6. The Morgan fingerprint density at radius 1 is 1.19 bits per heavy atom. The second-order valence-corrected chi connectivity index (χ2v) is 5.62. The summed E-state index contributed by atoms with van der Waals surface area (Å²) >= 11 is 6.50. The van der Waals surface area contributed by atoms with Gasteiger partial charge < -0.3 is 5.32 Å². The molecule has 0 aliphatic heterocycles. The summed E-state index contributed by atoms with van der Waals surface area (Å²) in [5.41, 5.74) is 8.12. The fraction of sp³-hybridized carbons (Fsp3) is 0.231. The number of thiocarbonyl (C=S) groups is 1. The van der Waals surface area contributed by atoms with Crippen molar-refractivity contribution in [1.82, 2.24) is 15.7 Å². The Kier molecular flexibility index (Phi) is 5.18. The second-order valence-electron chi connectivity index (χ2n) is 4.18. The lowest BCUT2D eigenvalue weighted by atomic mass is 10.3. The van der Waals surface area contributed by atoms with Crippen LogP contribution in [0.4, 0.5) is 5.13 Å². The van der Waals surface area contributed by atoms with E-state index in [0.29, 0.717) is 5.11 Å². The highest BCUT2D eigenvalue weighted by Gasteiger charge is 2.02. The quantitative estimate of drug-likeness (QED) is 0.459. The standard InChI is InChI=1S/C13H16N6S2/c1-8(16-18-12(20)14-3)9(2)17-19-13-15-10-6-4-5-7-11(10)21-13/h4-7H,1-3H3,(H,15,19)(H2,14,18,20)/b16-8+,17-9+. The van der Waals surface area contributed by atoms with Crippen LogP contribution < -0.4 is 16.2 Å². The van der Waals surface area contributed by atoms with Gasteiger partial charge in [-0.3, -0.25) is 10.9 Å². The molecule has 1 aromatic heterocycles. The fourth-order valence-corrected chi connectivity index (χ4v) is 2.26. The Labute approximate surface area is 132 Å². The van der Waals surface area contributed by atoms with Gasteiger partial charge in [0.25, 0.3) is 0 Å². The number of benzene rings is 1. The van der Waals surface area contributed by atoms with Gasteiger partial charge in [-0.25, -0.2) is 4.98 Å². The average Bonchev–Trinajstić information content (AvgIpc) is 2.92. The molecule has 2 rings (SSSR count). The van der Waals surface area contributed by atoms with Gasteiger partial charge in [0.1, 0.15) is 0 Å². The van der Waals surface area contributed by atoms with Crippen LogP contribution in [-0.4, -0.2) is 28.6 Å². The van der Waals surface area contributed by atoms with Crippen molar-refractivity contribution < 1.29 is 0 Å².